The maximum Gasteiger partial charge on any atom is 0.317 e. The Hall–Kier alpha value is -1.55. The highest BCUT2D eigenvalue weighted by Crippen LogP contribution is 2.49. The number of benzene rings is 1. The molecule has 1 aromatic rings. The molecule has 1 fully saturated rings. The first-order valence-electron chi connectivity index (χ1n) is 7.20. The molecule has 2 aliphatic rings. The van der Waals surface area contributed by atoms with Crippen molar-refractivity contribution in [3.05, 3.63) is 29.3 Å². The van der Waals surface area contributed by atoms with Crippen molar-refractivity contribution in [3.8, 4) is 5.75 Å². The van der Waals surface area contributed by atoms with Gasteiger partial charge < -0.3 is 10.2 Å². The lowest BCUT2D eigenvalue weighted by atomic mass is 9.59. The first-order valence-corrected chi connectivity index (χ1v) is 7.20. The predicted octanol–water partition coefficient (Wildman–Crippen LogP) is 2.00. The van der Waals surface area contributed by atoms with Gasteiger partial charge in [-0.25, -0.2) is 0 Å². The lowest BCUT2D eigenvalue weighted by Gasteiger charge is -2.54. The number of likely N-dealkylation sites (tertiary alicyclic amines) is 1. The number of piperidine rings is 1. The van der Waals surface area contributed by atoms with E-state index >= 15 is 0 Å². The van der Waals surface area contributed by atoms with Gasteiger partial charge in [0.15, 0.2) is 0 Å². The van der Waals surface area contributed by atoms with E-state index in [1.54, 1.807) is 6.07 Å². The van der Waals surface area contributed by atoms with Gasteiger partial charge in [0.25, 0.3) is 0 Å². The first kappa shape index (κ1) is 13.4. The Morgan fingerprint density at radius 3 is 2.95 bits per heavy atom. The van der Waals surface area contributed by atoms with E-state index in [4.69, 9.17) is 5.11 Å². The van der Waals surface area contributed by atoms with Crippen molar-refractivity contribution in [2.45, 2.75) is 38.1 Å². The van der Waals surface area contributed by atoms with Crippen molar-refractivity contribution in [1.82, 2.24) is 4.90 Å². The van der Waals surface area contributed by atoms with Gasteiger partial charge in [-0.15, -0.1) is 0 Å². The molecule has 1 aromatic carbocycles. The van der Waals surface area contributed by atoms with Crippen LogP contribution in [0.25, 0.3) is 0 Å². The number of aromatic hydroxyl groups is 1. The topological polar surface area (TPSA) is 60.8 Å². The number of nitrogens with zero attached hydrogens (tertiary/aromatic N) is 1. The Morgan fingerprint density at radius 2 is 2.25 bits per heavy atom. The van der Waals surface area contributed by atoms with Crippen LogP contribution in [0, 0.1) is 5.92 Å². The fourth-order valence-electron chi connectivity index (χ4n) is 4.07. The largest absolute Gasteiger partial charge is 0.508 e. The first-order chi connectivity index (χ1) is 9.41. The Morgan fingerprint density at radius 1 is 1.50 bits per heavy atom. The zero-order valence-electron chi connectivity index (χ0n) is 12.0. The van der Waals surface area contributed by atoms with Gasteiger partial charge in [0, 0.05) is 6.04 Å². The summed E-state index contributed by atoms with van der Waals surface area (Å²) >= 11 is 0. The average molecular weight is 275 g/mol. The van der Waals surface area contributed by atoms with Crippen LogP contribution in [0.2, 0.25) is 0 Å². The Bertz CT molecular complexity index is 557. The highest BCUT2D eigenvalue weighted by atomic mass is 16.4. The third kappa shape index (κ3) is 1.90. The number of aliphatic carboxylic acids is 1. The van der Waals surface area contributed by atoms with Gasteiger partial charge >= 0.3 is 5.97 Å². The molecular formula is C16H21NO3. The zero-order valence-corrected chi connectivity index (χ0v) is 12.0. The van der Waals surface area contributed by atoms with Crippen LogP contribution in [0.5, 0.6) is 5.75 Å². The Labute approximate surface area is 119 Å². The second-order valence-corrected chi connectivity index (χ2v) is 6.43. The Kier molecular flexibility index (Phi) is 3.01. The highest BCUT2D eigenvalue weighted by molar-refractivity contribution is 5.69. The molecule has 1 saturated heterocycles. The molecule has 1 aliphatic carbocycles. The number of carboxylic acid groups (broad SMARTS) is 1. The van der Waals surface area contributed by atoms with Crippen LogP contribution in [0.3, 0.4) is 0 Å². The number of carbonyl (C=O) groups is 1. The van der Waals surface area contributed by atoms with E-state index in [0.717, 1.165) is 19.4 Å². The normalized spacial score (nSPS) is 32.7. The molecule has 0 saturated carbocycles. The summed E-state index contributed by atoms with van der Waals surface area (Å²) in [5.41, 5.74) is 2.53. The molecule has 4 heteroatoms. The van der Waals surface area contributed by atoms with E-state index < -0.39 is 5.97 Å². The van der Waals surface area contributed by atoms with Crippen molar-refractivity contribution in [2.75, 3.05) is 13.1 Å². The molecule has 0 amide bonds. The van der Waals surface area contributed by atoms with Crippen LogP contribution in [0.4, 0.5) is 0 Å². The minimum absolute atomic E-state index is 0.0337. The number of hydrogen-bond donors (Lipinski definition) is 2. The van der Waals surface area contributed by atoms with Gasteiger partial charge in [-0.1, -0.05) is 19.9 Å². The summed E-state index contributed by atoms with van der Waals surface area (Å²) < 4.78 is 0. The summed E-state index contributed by atoms with van der Waals surface area (Å²) in [6.07, 6.45) is 1.81. The lowest BCUT2D eigenvalue weighted by molar-refractivity contribution is -0.140. The van der Waals surface area contributed by atoms with E-state index in [9.17, 15) is 9.90 Å². The third-order valence-electron chi connectivity index (χ3n) is 5.45. The summed E-state index contributed by atoms with van der Waals surface area (Å²) in [6, 6.07) is 5.90. The number of carboxylic acids is 1. The van der Waals surface area contributed by atoms with Gasteiger partial charge in [0.2, 0.25) is 0 Å². The standard InChI is InChI=1S/C16H21NO3/c1-10-14-7-11-3-4-12(18)8-13(11)16(10,2)5-6-17(14)9-15(19)20/h3-4,8,10,14,18H,5-7,9H2,1-2H3,(H,19,20)/t10-,14?,16-/m0/s1. The van der Waals surface area contributed by atoms with E-state index in [1.165, 1.54) is 11.1 Å². The van der Waals surface area contributed by atoms with Gasteiger partial charge in [-0.3, -0.25) is 9.69 Å². The minimum atomic E-state index is -0.752. The molecule has 4 nitrogen and oxygen atoms in total. The van der Waals surface area contributed by atoms with Crippen LogP contribution < -0.4 is 0 Å². The highest BCUT2D eigenvalue weighted by Gasteiger charge is 2.48. The predicted molar refractivity (Wildman–Crippen MR) is 75.9 cm³/mol. The van der Waals surface area contributed by atoms with Gasteiger partial charge in [-0.2, -0.15) is 0 Å². The van der Waals surface area contributed by atoms with E-state index in [-0.39, 0.29) is 18.0 Å². The summed E-state index contributed by atoms with van der Waals surface area (Å²) in [5.74, 6) is -0.0363. The number of phenolic OH excluding ortho intramolecular Hbond substituents is 1. The quantitative estimate of drug-likeness (QED) is 0.866. The number of rotatable bonds is 2. The SMILES string of the molecule is C[C@H]1C2Cc3ccc(O)cc3[C@@]1(C)CCN2CC(=O)O. The summed E-state index contributed by atoms with van der Waals surface area (Å²) in [7, 11) is 0. The number of hydrogen-bond acceptors (Lipinski definition) is 3. The second kappa shape index (κ2) is 4.48. The molecule has 20 heavy (non-hydrogen) atoms. The molecular weight excluding hydrogens is 254 g/mol. The van der Waals surface area contributed by atoms with Crippen molar-refractivity contribution in [2.24, 2.45) is 5.92 Å². The summed E-state index contributed by atoms with van der Waals surface area (Å²) in [4.78, 5) is 13.1. The van der Waals surface area contributed by atoms with Crippen LogP contribution in [0.15, 0.2) is 18.2 Å². The molecule has 2 N–H and O–H groups in total. The monoisotopic (exact) mass is 275 g/mol. The van der Waals surface area contributed by atoms with Crippen molar-refractivity contribution >= 4 is 5.97 Å². The molecule has 3 rings (SSSR count). The number of fused-ring (bicyclic) bond motifs is 4. The van der Waals surface area contributed by atoms with Gasteiger partial charge in [-0.05, 0) is 54.0 Å². The van der Waals surface area contributed by atoms with Crippen molar-refractivity contribution in [1.29, 1.82) is 0 Å². The molecule has 1 aliphatic heterocycles. The molecule has 3 atom stereocenters. The van der Waals surface area contributed by atoms with E-state index in [1.807, 2.05) is 12.1 Å². The molecule has 2 bridgehead atoms. The van der Waals surface area contributed by atoms with Crippen molar-refractivity contribution in [3.63, 3.8) is 0 Å². The van der Waals surface area contributed by atoms with E-state index in [0.29, 0.717) is 11.7 Å². The molecule has 108 valence electrons. The molecule has 1 unspecified atom stereocenters. The smallest absolute Gasteiger partial charge is 0.317 e. The molecule has 0 radical (unpaired) electrons. The van der Waals surface area contributed by atoms with E-state index in [2.05, 4.69) is 18.7 Å². The molecule has 0 aromatic heterocycles. The van der Waals surface area contributed by atoms with Crippen LogP contribution >= 0.6 is 0 Å². The minimum Gasteiger partial charge on any atom is -0.508 e. The molecule has 0 spiro atoms. The third-order valence-corrected chi connectivity index (χ3v) is 5.45. The van der Waals surface area contributed by atoms with Crippen LogP contribution in [0.1, 0.15) is 31.4 Å². The zero-order chi connectivity index (χ0) is 14.5. The number of phenols is 1. The maximum atomic E-state index is 11.0. The van der Waals surface area contributed by atoms with Crippen LogP contribution in [-0.2, 0) is 16.6 Å². The van der Waals surface area contributed by atoms with Gasteiger partial charge in [0.05, 0.1) is 6.54 Å². The summed E-state index contributed by atoms with van der Waals surface area (Å²) in [5, 5.41) is 18.8. The van der Waals surface area contributed by atoms with Gasteiger partial charge in [0.1, 0.15) is 5.75 Å². The second-order valence-electron chi connectivity index (χ2n) is 6.43. The maximum absolute atomic E-state index is 11.0. The van der Waals surface area contributed by atoms with Crippen molar-refractivity contribution < 1.29 is 15.0 Å². The lowest BCUT2D eigenvalue weighted by Crippen LogP contribution is -2.58. The van der Waals surface area contributed by atoms with Crippen LogP contribution in [-0.4, -0.2) is 40.2 Å². The fraction of sp³-hybridized carbons (Fsp3) is 0.562. The molecule has 1 heterocycles. The fourth-order valence-corrected chi connectivity index (χ4v) is 4.07. The Balaban J connectivity index is 2.01. The summed E-state index contributed by atoms with van der Waals surface area (Å²) in [6.45, 7) is 5.40. The average Bonchev–Trinajstić information content (AvgIpc) is 2.38.